The van der Waals surface area contributed by atoms with Gasteiger partial charge in [-0.25, -0.2) is 0 Å². The van der Waals surface area contributed by atoms with Crippen LogP contribution in [0.25, 0.3) is 6.08 Å². The van der Waals surface area contributed by atoms with Gasteiger partial charge < -0.3 is 28.4 Å². The van der Waals surface area contributed by atoms with E-state index in [2.05, 4.69) is 6.07 Å². The molecule has 8 nitrogen and oxygen atoms in total. The van der Waals surface area contributed by atoms with E-state index in [4.69, 9.17) is 28.4 Å². The van der Waals surface area contributed by atoms with Gasteiger partial charge in [0.1, 0.15) is 5.60 Å². The van der Waals surface area contributed by atoms with Gasteiger partial charge in [-0.3, -0.25) is 4.79 Å². The molecule has 0 aliphatic heterocycles. The molecule has 0 saturated carbocycles. The van der Waals surface area contributed by atoms with Crippen LogP contribution in [0.1, 0.15) is 31.9 Å². The molecular formula is C27H33NO7. The largest absolute Gasteiger partial charge is 0.493 e. The van der Waals surface area contributed by atoms with Crippen LogP contribution in [0.15, 0.2) is 35.9 Å². The summed E-state index contributed by atoms with van der Waals surface area (Å²) in [5.41, 5.74) is 0.893. The van der Waals surface area contributed by atoms with E-state index in [9.17, 15) is 10.1 Å². The summed E-state index contributed by atoms with van der Waals surface area (Å²) in [6.45, 7) is 5.36. The summed E-state index contributed by atoms with van der Waals surface area (Å²) in [5, 5.41) is 10.1. The molecule has 0 heterocycles. The molecule has 35 heavy (non-hydrogen) atoms. The maximum absolute atomic E-state index is 13.2. The fourth-order valence-electron chi connectivity index (χ4n) is 3.51. The molecule has 0 radical (unpaired) electrons. The summed E-state index contributed by atoms with van der Waals surface area (Å²) in [4.78, 5) is 13.2. The quantitative estimate of drug-likeness (QED) is 0.350. The van der Waals surface area contributed by atoms with E-state index >= 15 is 0 Å². The van der Waals surface area contributed by atoms with Gasteiger partial charge in [0.05, 0.1) is 47.5 Å². The summed E-state index contributed by atoms with van der Waals surface area (Å²) < 4.78 is 32.6. The Hall–Kier alpha value is -3.86. The van der Waals surface area contributed by atoms with Crippen molar-refractivity contribution >= 4 is 12.0 Å². The number of rotatable bonds is 10. The highest BCUT2D eigenvalue weighted by Gasteiger charge is 2.29. The van der Waals surface area contributed by atoms with Crippen molar-refractivity contribution in [3.8, 4) is 34.8 Å². The molecule has 0 aliphatic carbocycles. The molecule has 0 N–H and O–H groups in total. The molecule has 1 atom stereocenters. The van der Waals surface area contributed by atoms with Crippen LogP contribution in [0.5, 0.6) is 28.7 Å². The maximum atomic E-state index is 13.2. The number of methoxy groups -OCH3 is 5. The van der Waals surface area contributed by atoms with Crippen LogP contribution in [-0.2, 0) is 16.0 Å². The van der Waals surface area contributed by atoms with E-state index in [1.807, 2.05) is 6.07 Å². The Labute approximate surface area is 207 Å². The normalized spacial score (nSPS) is 12.3. The second-order valence-corrected chi connectivity index (χ2v) is 8.65. The van der Waals surface area contributed by atoms with Crippen LogP contribution in [-0.4, -0.2) is 47.1 Å². The van der Waals surface area contributed by atoms with Crippen LogP contribution in [0.3, 0.4) is 0 Å². The highest BCUT2D eigenvalue weighted by atomic mass is 16.6. The number of nitriles is 1. The molecule has 0 amide bonds. The van der Waals surface area contributed by atoms with Crippen molar-refractivity contribution in [1.29, 1.82) is 5.26 Å². The molecule has 0 spiro atoms. The van der Waals surface area contributed by atoms with Crippen LogP contribution in [0, 0.1) is 17.2 Å². The van der Waals surface area contributed by atoms with Gasteiger partial charge in [0.25, 0.3) is 0 Å². The molecule has 0 bridgehead atoms. The monoisotopic (exact) mass is 483 g/mol. The standard InChI is InChI=1S/C27H33NO7/c1-27(2,3)35-26(29)20(12-17-9-10-21(30-4)22(13-17)31-5)19(16-28)11-18-14-23(32-6)25(34-8)24(15-18)33-7/h9-11,13-15,20H,12H2,1-8H3/b19-11-/t20-/m0/s1. The minimum absolute atomic E-state index is 0.221. The SMILES string of the molecule is COc1ccc(C[C@H](C(=O)OC(C)(C)C)/C(C#N)=C\c2cc(OC)c(OC)c(OC)c2)cc1OC. The van der Waals surface area contributed by atoms with Gasteiger partial charge >= 0.3 is 5.97 Å². The fourth-order valence-corrected chi connectivity index (χ4v) is 3.51. The number of carbonyl (C=O) groups is 1. The van der Waals surface area contributed by atoms with Crippen molar-refractivity contribution in [3.63, 3.8) is 0 Å². The Kier molecular flexibility index (Phi) is 9.41. The zero-order valence-corrected chi connectivity index (χ0v) is 21.6. The number of esters is 1. The lowest BCUT2D eigenvalue weighted by atomic mass is 9.90. The van der Waals surface area contributed by atoms with E-state index in [1.54, 1.807) is 58.2 Å². The van der Waals surface area contributed by atoms with Gasteiger partial charge in [-0.2, -0.15) is 5.26 Å². The number of benzene rings is 2. The summed E-state index contributed by atoms with van der Waals surface area (Å²) in [6.07, 6.45) is 1.85. The topological polar surface area (TPSA) is 96.2 Å². The Bertz CT molecular complexity index is 1080. The summed E-state index contributed by atoms with van der Waals surface area (Å²) in [5.74, 6) is 1.02. The van der Waals surface area contributed by atoms with Gasteiger partial charge in [0, 0.05) is 5.57 Å². The van der Waals surface area contributed by atoms with Crippen molar-refractivity contribution in [2.75, 3.05) is 35.5 Å². The van der Waals surface area contributed by atoms with Gasteiger partial charge in [0.2, 0.25) is 5.75 Å². The molecule has 2 rings (SSSR count). The van der Waals surface area contributed by atoms with Gasteiger partial charge in [-0.1, -0.05) is 6.07 Å². The lowest BCUT2D eigenvalue weighted by Crippen LogP contribution is -2.30. The first-order chi connectivity index (χ1) is 16.6. The van der Waals surface area contributed by atoms with Gasteiger partial charge in [0.15, 0.2) is 23.0 Å². The average Bonchev–Trinajstić information content (AvgIpc) is 2.83. The van der Waals surface area contributed by atoms with Gasteiger partial charge in [-0.05, 0) is 68.7 Å². The molecule has 2 aromatic carbocycles. The smallest absolute Gasteiger partial charge is 0.315 e. The van der Waals surface area contributed by atoms with E-state index in [0.717, 1.165) is 5.56 Å². The Balaban J connectivity index is 2.58. The van der Waals surface area contributed by atoms with Crippen molar-refractivity contribution in [2.45, 2.75) is 32.8 Å². The highest BCUT2D eigenvalue weighted by Crippen LogP contribution is 2.39. The molecule has 0 aromatic heterocycles. The van der Waals surface area contributed by atoms with E-state index in [-0.39, 0.29) is 12.0 Å². The van der Waals surface area contributed by atoms with Gasteiger partial charge in [-0.15, -0.1) is 0 Å². The third-order valence-electron chi connectivity index (χ3n) is 5.09. The molecule has 2 aromatic rings. The molecule has 8 heteroatoms. The number of nitrogens with zero attached hydrogens (tertiary/aromatic N) is 1. The molecule has 0 fully saturated rings. The first-order valence-corrected chi connectivity index (χ1v) is 11.0. The Morgan fingerprint density at radius 3 is 1.91 bits per heavy atom. The minimum Gasteiger partial charge on any atom is -0.493 e. The first-order valence-electron chi connectivity index (χ1n) is 11.0. The zero-order chi connectivity index (χ0) is 26.2. The number of hydrogen-bond donors (Lipinski definition) is 0. The lowest BCUT2D eigenvalue weighted by Gasteiger charge is -2.24. The second kappa shape index (κ2) is 12.0. The van der Waals surface area contributed by atoms with Crippen LogP contribution in [0.2, 0.25) is 0 Å². The maximum Gasteiger partial charge on any atom is 0.315 e. The third-order valence-corrected chi connectivity index (χ3v) is 5.09. The predicted molar refractivity (Wildman–Crippen MR) is 132 cm³/mol. The molecule has 188 valence electrons. The summed E-state index contributed by atoms with van der Waals surface area (Å²) in [7, 11) is 7.62. The van der Waals surface area contributed by atoms with Crippen LogP contribution >= 0.6 is 0 Å². The van der Waals surface area contributed by atoms with Crippen LogP contribution in [0.4, 0.5) is 0 Å². The lowest BCUT2D eigenvalue weighted by molar-refractivity contribution is -0.158. The predicted octanol–water partition coefficient (Wildman–Crippen LogP) is 4.84. The van der Waals surface area contributed by atoms with Crippen molar-refractivity contribution in [3.05, 3.63) is 47.0 Å². The number of carbonyl (C=O) groups excluding carboxylic acids is 1. The molecular weight excluding hydrogens is 450 g/mol. The molecule has 0 unspecified atom stereocenters. The fraction of sp³-hybridized carbons (Fsp3) is 0.407. The molecule has 0 saturated heterocycles. The zero-order valence-electron chi connectivity index (χ0n) is 21.6. The Morgan fingerprint density at radius 2 is 1.46 bits per heavy atom. The van der Waals surface area contributed by atoms with E-state index in [1.165, 1.54) is 28.4 Å². The van der Waals surface area contributed by atoms with Crippen molar-refractivity contribution in [2.24, 2.45) is 5.92 Å². The number of ether oxygens (including phenoxy) is 6. The second-order valence-electron chi connectivity index (χ2n) is 8.65. The average molecular weight is 484 g/mol. The van der Waals surface area contributed by atoms with Crippen LogP contribution < -0.4 is 23.7 Å². The van der Waals surface area contributed by atoms with Crippen molar-refractivity contribution < 1.29 is 33.2 Å². The first kappa shape index (κ1) is 27.4. The number of hydrogen-bond acceptors (Lipinski definition) is 8. The molecule has 0 aliphatic rings. The van der Waals surface area contributed by atoms with E-state index < -0.39 is 17.5 Å². The van der Waals surface area contributed by atoms with E-state index in [0.29, 0.717) is 34.3 Å². The minimum atomic E-state index is -0.864. The highest BCUT2D eigenvalue weighted by molar-refractivity contribution is 5.81. The van der Waals surface area contributed by atoms with Crippen molar-refractivity contribution in [1.82, 2.24) is 0 Å². The summed E-state index contributed by atoms with van der Waals surface area (Å²) >= 11 is 0. The Morgan fingerprint density at radius 1 is 0.886 bits per heavy atom. The third kappa shape index (κ3) is 7.06. The summed E-state index contributed by atoms with van der Waals surface area (Å²) in [6, 6.07) is 11.0.